The second-order valence-electron chi connectivity index (χ2n) is 7.38. The molecule has 0 radical (unpaired) electrons. The second kappa shape index (κ2) is 8.99. The van der Waals surface area contributed by atoms with Gasteiger partial charge in [-0.1, -0.05) is 26.0 Å². The summed E-state index contributed by atoms with van der Waals surface area (Å²) in [6, 6.07) is 6.27. The molecule has 140 valence electrons. The third-order valence-electron chi connectivity index (χ3n) is 3.11. The van der Waals surface area contributed by atoms with Gasteiger partial charge < -0.3 is 10.1 Å². The van der Waals surface area contributed by atoms with Crippen LogP contribution < -0.4 is 10.0 Å². The number of carbonyl (C=O) groups excluding carboxylic acids is 2. The summed E-state index contributed by atoms with van der Waals surface area (Å²) in [7, 11) is -1.68. The molecule has 2 amide bonds. The van der Waals surface area contributed by atoms with Crippen molar-refractivity contribution in [2.45, 2.75) is 64.5 Å². The number of hydrogen-bond acceptors (Lipinski definition) is 4. The van der Waals surface area contributed by atoms with E-state index in [1.54, 1.807) is 39.0 Å². The Kier molecular flexibility index (Phi) is 7.60. The Balaban J connectivity index is 2.79. The molecule has 0 bridgehead atoms. The number of ether oxygens (including phenoxy) is 1. The summed E-state index contributed by atoms with van der Waals surface area (Å²) >= 11 is 0. The zero-order valence-corrected chi connectivity index (χ0v) is 16.5. The van der Waals surface area contributed by atoms with E-state index in [4.69, 9.17) is 4.74 Å². The van der Waals surface area contributed by atoms with Crippen LogP contribution in [0.2, 0.25) is 0 Å². The van der Waals surface area contributed by atoms with Crippen molar-refractivity contribution >= 4 is 23.0 Å². The van der Waals surface area contributed by atoms with Crippen LogP contribution in [-0.2, 0) is 20.5 Å². The smallest absolute Gasteiger partial charge is 0.408 e. The molecule has 0 aliphatic heterocycles. The molecule has 1 unspecified atom stereocenters. The molecule has 1 rings (SSSR count). The average Bonchev–Trinajstić information content (AvgIpc) is 2.43. The lowest BCUT2D eigenvalue weighted by atomic mass is 10.0. The van der Waals surface area contributed by atoms with Crippen LogP contribution in [0.1, 0.15) is 46.6 Å². The lowest BCUT2D eigenvalue weighted by molar-refractivity contribution is -0.121. The van der Waals surface area contributed by atoms with E-state index in [1.165, 1.54) is 0 Å². The highest BCUT2D eigenvalue weighted by Crippen LogP contribution is 2.11. The van der Waals surface area contributed by atoms with Crippen molar-refractivity contribution in [1.29, 1.82) is 0 Å². The molecule has 2 N–H and O–H groups in total. The number of benzene rings is 1. The molecule has 0 saturated carbocycles. The summed E-state index contributed by atoms with van der Waals surface area (Å²) in [5.74, 6) is -0.336. The van der Waals surface area contributed by atoms with E-state index in [9.17, 15) is 13.8 Å². The van der Waals surface area contributed by atoms with Gasteiger partial charge >= 0.3 is 6.09 Å². The van der Waals surface area contributed by atoms with Crippen LogP contribution in [0.5, 0.6) is 0 Å². The lowest BCUT2D eigenvalue weighted by Gasteiger charge is -2.24. The Morgan fingerprint density at radius 3 is 2.40 bits per heavy atom. The molecule has 1 aromatic carbocycles. The number of rotatable bonds is 6. The Morgan fingerprint density at radius 2 is 1.88 bits per heavy atom. The van der Waals surface area contributed by atoms with Crippen molar-refractivity contribution in [1.82, 2.24) is 10.0 Å². The second-order valence-corrected chi connectivity index (χ2v) is 8.59. The monoisotopic (exact) mass is 368 g/mol. The summed E-state index contributed by atoms with van der Waals surface area (Å²) in [5.41, 5.74) is 0.290. The largest absolute Gasteiger partial charge is 0.444 e. The minimum Gasteiger partial charge on any atom is -0.444 e. The Morgan fingerprint density at radius 1 is 1.24 bits per heavy atom. The Labute approximate surface area is 152 Å². The summed E-state index contributed by atoms with van der Waals surface area (Å²) < 4.78 is 20.0. The average molecular weight is 368 g/mol. The molecule has 0 spiro atoms. The highest BCUT2D eigenvalue weighted by molar-refractivity contribution is 7.83. The molecule has 0 fully saturated rings. The van der Waals surface area contributed by atoms with Gasteiger partial charge in [0.05, 0.1) is 4.90 Å². The summed E-state index contributed by atoms with van der Waals surface area (Å²) in [5, 5.41) is 2.57. The topological polar surface area (TPSA) is 84.5 Å². The molecule has 7 heteroatoms. The standard InChI is InChI=1S/C18H28N2O4S/c1-12(2)10-15(19-17(22)24-18(4,5)6)16(21)20-25(23)14-9-7-8-13(3)11-14/h7-9,11-12,15H,10H2,1-6H3,(H,19,22)(H,20,21)/t15-,25?/m0/s1. The first-order valence-corrected chi connectivity index (χ1v) is 9.41. The van der Waals surface area contributed by atoms with Crippen LogP contribution in [0.4, 0.5) is 4.79 Å². The van der Waals surface area contributed by atoms with Gasteiger partial charge in [0.25, 0.3) is 5.91 Å². The molecule has 6 nitrogen and oxygen atoms in total. The van der Waals surface area contributed by atoms with Crippen LogP contribution in [0.15, 0.2) is 29.2 Å². The first kappa shape index (κ1) is 21.2. The SMILES string of the molecule is Cc1cccc(S(=O)NC(=O)[C@H](CC(C)C)NC(=O)OC(C)(C)C)c1. The summed E-state index contributed by atoms with van der Waals surface area (Å²) in [6.07, 6.45) is -0.259. The van der Waals surface area contributed by atoms with Gasteiger partial charge in [-0.25, -0.2) is 9.00 Å². The zero-order chi connectivity index (χ0) is 19.2. The van der Waals surface area contributed by atoms with Crippen molar-refractivity contribution in [3.63, 3.8) is 0 Å². The van der Waals surface area contributed by atoms with Gasteiger partial charge in [-0.05, 0) is 57.7 Å². The van der Waals surface area contributed by atoms with Crippen LogP contribution in [0.3, 0.4) is 0 Å². The van der Waals surface area contributed by atoms with E-state index < -0.39 is 34.6 Å². The first-order valence-electron chi connectivity index (χ1n) is 8.26. The molecule has 1 aromatic rings. The zero-order valence-electron chi connectivity index (χ0n) is 15.7. The first-order chi connectivity index (χ1) is 11.5. The van der Waals surface area contributed by atoms with Crippen LogP contribution >= 0.6 is 0 Å². The molecule has 0 aromatic heterocycles. The quantitative estimate of drug-likeness (QED) is 0.808. The number of amides is 2. The predicted molar refractivity (Wildman–Crippen MR) is 98.3 cm³/mol. The molecule has 2 atom stereocenters. The summed E-state index contributed by atoms with van der Waals surface area (Å²) in [6.45, 7) is 11.0. The van der Waals surface area contributed by atoms with E-state index >= 15 is 0 Å². The van der Waals surface area contributed by atoms with Gasteiger partial charge in [0.15, 0.2) is 11.0 Å². The number of alkyl carbamates (subject to hydrolysis) is 1. The Bertz CT molecular complexity index is 638. The fraction of sp³-hybridized carbons (Fsp3) is 0.556. The van der Waals surface area contributed by atoms with Gasteiger partial charge in [-0.2, -0.15) is 0 Å². The molecule has 0 aliphatic carbocycles. The van der Waals surface area contributed by atoms with E-state index in [-0.39, 0.29) is 5.92 Å². The lowest BCUT2D eigenvalue weighted by Crippen LogP contribution is -2.49. The van der Waals surface area contributed by atoms with Gasteiger partial charge in [0, 0.05) is 0 Å². The van der Waals surface area contributed by atoms with Crippen molar-refractivity contribution < 1.29 is 18.5 Å². The van der Waals surface area contributed by atoms with Crippen molar-refractivity contribution in [2.24, 2.45) is 5.92 Å². The normalized spacial score (nSPS) is 13.9. The van der Waals surface area contributed by atoms with E-state index in [1.807, 2.05) is 26.8 Å². The van der Waals surface area contributed by atoms with Crippen molar-refractivity contribution in [2.75, 3.05) is 0 Å². The van der Waals surface area contributed by atoms with Gasteiger partial charge in [0.2, 0.25) is 0 Å². The third-order valence-corrected chi connectivity index (χ3v) is 4.18. The number of carbonyl (C=O) groups is 2. The van der Waals surface area contributed by atoms with Crippen LogP contribution in [-0.4, -0.2) is 27.9 Å². The van der Waals surface area contributed by atoms with E-state index in [0.717, 1.165) is 5.56 Å². The maximum Gasteiger partial charge on any atom is 0.408 e. The number of hydrogen-bond donors (Lipinski definition) is 2. The maximum absolute atomic E-state index is 12.5. The minimum atomic E-state index is -1.68. The van der Waals surface area contributed by atoms with Gasteiger partial charge in [-0.15, -0.1) is 0 Å². The molecule has 0 saturated heterocycles. The highest BCUT2D eigenvalue weighted by atomic mass is 32.2. The third kappa shape index (κ3) is 8.16. The maximum atomic E-state index is 12.5. The minimum absolute atomic E-state index is 0.165. The van der Waals surface area contributed by atoms with Crippen molar-refractivity contribution in [3.8, 4) is 0 Å². The highest BCUT2D eigenvalue weighted by Gasteiger charge is 2.26. The van der Waals surface area contributed by atoms with Crippen molar-refractivity contribution in [3.05, 3.63) is 29.8 Å². The van der Waals surface area contributed by atoms with Crippen LogP contribution in [0.25, 0.3) is 0 Å². The molecule has 0 aliphatic rings. The number of nitrogens with one attached hydrogen (secondary N) is 2. The predicted octanol–water partition coefficient (Wildman–Crippen LogP) is 3.07. The number of aryl methyl sites for hydroxylation is 1. The van der Waals surface area contributed by atoms with Gasteiger partial charge in [-0.3, -0.25) is 9.52 Å². The van der Waals surface area contributed by atoms with E-state index in [2.05, 4.69) is 10.0 Å². The summed E-state index contributed by atoms with van der Waals surface area (Å²) in [4.78, 5) is 24.9. The fourth-order valence-electron chi connectivity index (χ4n) is 2.10. The fourth-order valence-corrected chi connectivity index (χ4v) is 3.04. The van der Waals surface area contributed by atoms with Crippen LogP contribution in [0, 0.1) is 12.8 Å². The molecule has 25 heavy (non-hydrogen) atoms. The molecular formula is C18H28N2O4S. The van der Waals surface area contributed by atoms with E-state index in [0.29, 0.717) is 11.3 Å². The Hall–Kier alpha value is -1.89. The molecular weight excluding hydrogens is 340 g/mol. The molecule has 0 heterocycles. The van der Waals surface area contributed by atoms with Gasteiger partial charge in [0.1, 0.15) is 11.6 Å².